The molecule has 1 aliphatic carbocycles. The largest absolute Gasteiger partial charge is 0.348 e. The van der Waals surface area contributed by atoms with Crippen LogP contribution < -0.4 is 10.9 Å². The summed E-state index contributed by atoms with van der Waals surface area (Å²) in [4.78, 5) is 30.4. The molecule has 6 nitrogen and oxygen atoms in total. The van der Waals surface area contributed by atoms with Crippen LogP contribution in [0.25, 0.3) is 10.6 Å². The smallest absolute Gasteiger partial charge is 0.277 e. The van der Waals surface area contributed by atoms with Crippen molar-refractivity contribution in [2.45, 2.75) is 39.2 Å². The SMILES string of the molecule is Cc1nc(-c2c(C)c(C)nn(C)c2=O)sc1C(=O)NC1CC1c1c(F)cccc1Cl. The Balaban J connectivity index is 1.58. The third-order valence-electron chi connectivity index (χ3n) is 5.42. The Morgan fingerprint density at radius 1 is 1.30 bits per heavy atom. The van der Waals surface area contributed by atoms with E-state index in [9.17, 15) is 14.0 Å². The zero-order valence-corrected chi connectivity index (χ0v) is 18.5. The van der Waals surface area contributed by atoms with Gasteiger partial charge in [-0.1, -0.05) is 17.7 Å². The Kier molecular flexibility index (Phi) is 5.23. The number of aryl methyl sites for hydroxylation is 3. The Morgan fingerprint density at radius 3 is 2.73 bits per heavy atom. The number of nitrogens with one attached hydrogen (secondary N) is 1. The number of carbonyl (C=O) groups is 1. The number of amides is 1. The van der Waals surface area contributed by atoms with E-state index in [-0.39, 0.29) is 29.2 Å². The second-order valence-corrected chi connectivity index (χ2v) is 8.91. The van der Waals surface area contributed by atoms with Gasteiger partial charge in [0.2, 0.25) is 0 Å². The maximum absolute atomic E-state index is 14.1. The van der Waals surface area contributed by atoms with Gasteiger partial charge in [0.25, 0.3) is 11.5 Å². The number of rotatable bonds is 4. The number of aromatic nitrogens is 3. The van der Waals surface area contributed by atoms with E-state index >= 15 is 0 Å². The summed E-state index contributed by atoms with van der Waals surface area (Å²) in [5, 5.41) is 7.98. The molecule has 0 aliphatic heterocycles. The first-order chi connectivity index (χ1) is 14.2. The lowest BCUT2D eigenvalue weighted by molar-refractivity contribution is 0.0953. The Bertz CT molecular complexity index is 1220. The van der Waals surface area contributed by atoms with E-state index in [2.05, 4.69) is 15.4 Å². The zero-order valence-electron chi connectivity index (χ0n) is 16.9. The van der Waals surface area contributed by atoms with E-state index < -0.39 is 0 Å². The predicted octanol–water partition coefficient (Wildman–Crippen LogP) is 3.91. The first kappa shape index (κ1) is 20.7. The first-order valence-electron chi connectivity index (χ1n) is 9.46. The lowest BCUT2D eigenvalue weighted by atomic mass is 10.1. The van der Waals surface area contributed by atoms with E-state index in [0.29, 0.717) is 38.1 Å². The molecule has 0 bridgehead atoms. The van der Waals surface area contributed by atoms with Crippen molar-refractivity contribution in [1.82, 2.24) is 20.1 Å². The lowest BCUT2D eigenvalue weighted by Crippen LogP contribution is -2.26. The predicted molar refractivity (Wildman–Crippen MR) is 115 cm³/mol. The lowest BCUT2D eigenvalue weighted by Gasteiger charge is -2.07. The molecule has 1 amide bonds. The molecule has 2 heterocycles. The van der Waals surface area contributed by atoms with Crippen LogP contribution in [0, 0.1) is 26.6 Å². The van der Waals surface area contributed by atoms with Crippen LogP contribution in [0.3, 0.4) is 0 Å². The molecule has 2 unspecified atom stereocenters. The maximum Gasteiger partial charge on any atom is 0.277 e. The highest BCUT2D eigenvalue weighted by atomic mass is 35.5. The minimum atomic E-state index is -0.361. The van der Waals surface area contributed by atoms with Gasteiger partial charge < -0.3 is 5.32 Å². The number of benzene rings is 1. The van der Waals surface area contributed by atoms with Gasteiger partial charge in [-0.3, -0.25) is 9.59 Å². The van der Waals surface area contributed by atoms with Gasteiger partial charge in [-0.15, -0.1) is 11.3 Å². The normalized spacial score (nSPS) is 17.8. The fraction of sp³-hybridized carbons (Fsp3) is 0.333. The summed E-state index contributed by atoms with van der Waals surface area (Å²) >= 11 is 7.31. The Labute approximate surface area is 181 Å². The third kappa shape index (κ3) is 3.54. The molecular weight excluding hydrogens is 427 g/mol. The summed E-state index contributed by atoms with van der Waals surface area (Å²) in [6, 6.07) is 4.40. The number of hydrogen-bond donors (Lipinski definition) is 1. The molecule has 1 aromatic carbocycles. The number of nitrogens with zero attached hydrogens (tertiary/aromatic N) is 3. The molecule has 2 atom stereocenters. The molecule has 2 aromatic heterocycles. The van der Waals surface area contributed by atoms with Gasteiger partial charge >= 0.3 is 0 Å². The third-order valence-corrected chi connectivity index (χ3v) is 6.92. The minimum absolute atomic E-state index is 0.146. The second-order valence-electron chi connectivity index (χ2n) is 7.51. The number of halogens is 2. The van der Waals surface area contributed by atoms with Crippen LogP contribution in [-0.2, 0) is 7.05 Å². The fourth-order valence-electron chi connectivity index (χ4n) is 3.59. The van der Waals surface area contributed by atoms with Crippen LogP contribution in [0.2, 0.25) is 5.02 Å². The minimum Gasteiger partial charge on any atom is -0.348 e. The van der Waals surface area contributed by atoms with Crippen molar-refractivity contribution < 1.29 is 9.18 Å². The van der Waals surface area contributed by atoms with Gasteiger partial charge in [0.15, 0.2) is 0 Å². The van der Waals surface area contributed by atoms with Crippen molar-refractivity contribution in [2.75, 3.05) is 0 Å². The van der Waals surface area contributed by atoms with Crippen LogP contribution in [0.5, 0.6) is 0 Å². The second kappa shape index (κ2) is 7.59. The van der Waals surface area contributed by atoms with Crippen molar-refractivity contribution in [1.29, 1.82) is 0 Å². The molecule has 1 fully saturated rings. The summed E-state index contributed by atoms with van der Waals surface area (Å²) in [6.45, 7) is 5.39. The first-order valence-corrected chi connectivity index (χ1v) is 10.7. The van der Waals surface area contributed by atoms with Crippen LogP contribution >= 0.6 is 22.9 Å². The zero-order chi connectivity index (χ0) is 21.7. The summed E-state index contributed by atoms with van der Waals surface area (Å²) in [6.07, 6.45) is 0.625. The number of carbonyl (C=O) groups excluding carboxylic acids is 1. The molecule has 30 heavy (non-hydrogen) atoms. The van der Waals surface area contributed by atoms with Crippen LogP contribution in [-0.4, -0.2) is 26.7 Å². The molecule has 4 rings (SSSR count). The Morgan fingerprint density at radius 2 is 2.03 bits per heavy atom. The number of hydrogen-bond acceptors (Lipinski definition) is 5. The van der Waals surface area contributed by atoms with Gasteiger partial charge in [-0.25, -0.2) is 14.1 Å². The van der Waals surface area contributed by atoms with E-state index in [1.54, 1.807) is 26.1 Å². The Hall–Kier alpha value is -2.58. The molecule has 3 aromatic rings. The van der Waals surface area contributed by atoms with Crippen molar-refractivity contribution in [3.05, 3.63) is 66.8 Å². The van der Waals surface area contributed by atoms with Gasteiger partial charge in [-0.05, 0) is 44.9 Å². The highest BCUT2D eigenvalue weighted by Gasteiger charge is 2.42. The molecule has 1 saturated carbocycles. The van der Waals surface area contributed by atoms with Crippen molar-refractivity contribution >= 4 is 28.8 Å². The summed E-state index contributed by atoms with van der Waals surface area (Å²) in [5.74, 6) is -0.788. The standard InChI is InChI=1S/C21H20ClFN4O2S/c1-9-10(2)26-27(4)21(29)16(9)20-24-11(3)18(30-20)19(28)25-15-8-12(15)17-13(22)6-5-7-14(17)23/h5-7,12,15H,8H2,1-4H3,(H,25,28). The number of thiazole rings is 1. The van der Waals surface area contributed by atoms with Gasteiger partial charge in [0.1, 0.15) is 15.7 Å². The van der Waals surface area contributed by atoms with E-state index in [0.717, 1.165) is 11.3 Å². The molecule has 1 N–H and O–H groups in total. The molecule has 156 valence electrons. The maximum atomic E-state index is 14.1. The highest BCUT2D eigenvalue weighted by Crippen LogP contribution is 2.45. The summed E-state index contributed by atoms with van der Waals surface area (Å²) < 4.78 is 15.4. The molecule has 0 saturated heterocycles. The molecule has 0 radical (unpaired) electrons. The average molecular weight is 447 g/mol. The highest BCUT2D eigenvalue weighted by molar-refractivity contribution is 7.17. The van der Waals surface area contributed by atoms with Gasteiger partial charge in [0, 0.05) is 29.6 Å². The van der Waals surface area contributed by atoms with Crippen LogP contribution in [0.1, 0.15) is 44.5 Å². The van der Waals surface area contributed by atoms with Crippen molar-refractivity contribution in [2.24, 2.45) is 7.05 Å². The topological polar surface area (TPSA) is 76.9 Å². The van der Waals surface area contributed by atoms with Gasteiger partial charge in [0.05, 0.1) is 17.0 Å². The molecule has 9 heteroatoms. The van der Waals surface area contributed by atoms with E-state index in [1.807, 2.05) is 13.8 Å². The van der Waals surface area contributed by atoms with Crippen molar-refractivity contribution in [3.8, 4) is 10.6 Å². The van der Waals surface area contributed by atoms with Crippen LogP contribution in [0.4, 0.5) is 4.39 Å². The fourth-order valence-corrected chi connectivity index (χ4v) is 4.95. The summed E-state index contributed by atoms with van der Waals surface area (Å²) in [7, 11) is 1.59. The average Bonchev–Trinajstić information content (AvgIpc) is 3.30. The van der Waals surface area contributed by atoms with Crippen LogP contribution in [0.15, 0.2) is 23.0 Å². The molecular formula is C21H20ClFN4O2S. The quantitative estimate of drug-likeness (QED) is 0.659. The van der Waals surface area contributed by atoms with E-state index in [1.165, 1.54) is 22.1 Å². The monoisotopic (exact) mass is 446 g/mol. The van der Waals surface area contributed by atoms with Gasteiger partial charge in [-0.2, -0.15) is 5.10 Å². The molecule has 0 spiro atoms. The van der Waals surface area contributed by atoms with Crippen molar-refractivity contribution in [3.63, 3.8) is 0 Å². The summed E-state index contributed by atoms with van der Waals surface area (Å²) in [5.41, 5.74) is 2.67. The van der Waals surface area contributed by atoms with E-state index in [4.69, 9.17) is 11.6 Å². The molecule has 1 aliphatic rings.